The molecule has 0 saturated carbocycles. The van der Waals surface area contributed by atoms with E-state index in [2.05, 4.69) is 31.8 Å². The van der Waals surface area contributed by atoms with Gasteiger partial charge in [0, 0.05) is 37.0 Å². The van der Waals surface area contributed by atoms with Crippen LogP contribution in [0, 0.1) is 0 Å². The van der Waals surface area contributed by atoms with E-state index in [1.54, 1.807) is 35.5 Å². The summed E-state index contributed by atoms with van der Waals surface area (Å²) in [4.78, 5) is 10.0. The minimum Gasteiger partial charge on any atom is -0.380 e. The van der Waals surface area contributed by atoms with Crippen molar-refractivity contribution < 1.29 is 4.74 Å². The number of rotatable bonds is 6. The fraction of sp³-hybridized carbons (Fsp3) is 0.267. The van der Waals surface area contributed by atoms with E-state index in [9.17, 15) is 0 Å². The average Bonchev–Trinajstić information content (AvgIpc) is 3.15. The molecule has 0 aromatic carbocycles. The Bertz CT molecular complexity index is 752. The monoisotopic (exact) mass is 315 g/mol. The van der Waals surface area contributed by atoms with Crippen molar-refractivity contribution in [2.24, 2.45) is 7.05 Å². The van der Waals surface area contributed by atoms with Crippen molar-refractivity contribution in [3.05, 3.63) is 46.5 Å². The van der Waals surface area contributed by atoms with E-state index >= 15 is 0 Å². The summed E-state index contributed by atoms with van der Waals surface area (Å²) in [7, 11) is 3.59. The zero-order chi connectivity index (χ0) is 15.4. The Morgan fingerprint density at radius 2 is 2.32 bits per heavy atom. The Labute approximate surface area is 132 Å². The SMILES string of the molecule is COCc1csc(CNc2nccc(-c3cnn(C)c3)n2)c1. The molecule has 0 atom stereocenters. The normalized spacial score (nSPS) is 10.8. The minimum atomic E-state index is 0.614. The molecule has 3 aromatic rings. The zero-order valence-corrected chi connectivity index (χ0v) is 13.3. The predicted molar refractivity (Wildman–Crippen MR) is 86.6 cm³/mol. The van der Waals surface area contributed by atoms with Crippen molar-refractivity contribution in [1.29, 1.82) is 0 Å². The van der Waals surface area contributed by atoms with Gasteiger partial charge in [0.05, 0.1) is 25.0 Å². The number of aryl methyl sites for hydroxylation is 1. The number of nitrogens with zero attached hydrogens (tertiary/aromatic N) is 4. The maximum absolute atomic E-state index is 5.12. The van der Waals surface area contributed by atoms with E-state index < -0.39 is 0 Å². The summed E-state index contributed by atoms with van der Waals surface area (Å²) in [5.41, 5.74) is 3.03. The van der Waals surface area contributed by atoms with Gasteiger partial charge in [0.2, 0.25) is 5.95 Å². The minimum absolute atomic E-state index is 0.614. The molecule has 3 heterocycles. The highest BCUT2D eigenvalue weighted by Crippen LogP contribution is 2.18. The van der Waals surface area contributed by atoms with Crippen LogP contribution in [0.4, 0.5) is 5.95 Å². The van der Waals surface area contributed by atoms with Crippen LogP contribution in [0.25, 0.3) is 11.3 Å². The van der Waals surface area contributed by atoms with Gasteiger partial charge in [-0.15, -0.1) is 11.3 Å². The van der Waals surface area contributed by atoms with E-state index in [1.165, 1.54) is 10.4 Å². The van der Waals surface area contributed by atoms with E-state index in [-0.39, 0.29) is 0 Å². The summed E-state index contributed by atoms with van der Waals surface area (Å²) in [6.45, 7) is 1.34. The topological polar surface area (TPSA) is 64.9 Å². The van der Waals surface area contributed by atoms with Crippen LogP contribution in [0.1, 0.15) is 10.4 Å². The Balaban J connectivity index is 1.67. The van der Waals surface area contributed by atoms with Crippen molar-refractivity contribution in [2.45, 2.75) is 13.2 Å². The highest BCUT2D eigenvalue weighted by molar-refractivity contribution is 7.10. The second kappa shape index (κ2) is 6.67. The van der Waals surface area contributed by atoms with Crippen LogP contribution < -0.4 is 5.32 Å². The number of methoxy groups -OCH3 is 1. The number of aromatic nitrogens is 4. The second-order valence-corrected chi connectivity index (χ2v) is 5.87. The van der Waals surface area contributed by atoms with Crippen LogP contribution in [-0.2, 0) is 24.9 Å². The van der Waals surface area contributed by atoms with Gasteiger partial charge < -0.3 is 10.1 Å². The third-order valence-electron chi connectivity index (χ3n) is 3.10. The summed E-state index contributed by atoms with van der Waals surface area (Å²) in [5.74, 6) is 0.614. The van der Waals surface area contributed by atoms with Crippen molar-refractivity contribution in [3.63, 3.8) is 0 Å². The zero-order valence-electron chi connectivity index (χ0n) is 12.5. The lowest BCUT2D eigenvalue weighted by Crippen LogP contribution is -2.02. The Kier molecular flexibility index (Phi) is 4.45. The molecule has 0 amide bonds. The van der Waals surface area contributed by atoms with E-state index in [4.69, 9.17) is 4.74 Å². The average molecular weight is 315 g/mol. The summed E-state index contributed by atoms with van der Waals surface area (Å²) < 4.78 is 6.88. The lowest BCUT2D eigenvalue weighted by Gasteiger charge is -2.04. The number of thiophene rings is 1. The summed E-state index contributed by atoms with van der Waals surface area (Å²) >= 11 is 1.70. The third-order valence-corrected chi connectivity index (χ3v) is 4.08. The van der Waals surface area contributed by atoms with Crippen LogP contribution in [0.3, 0.4) is 0 Å². The van der Waals surface area contributed by atoms with E-state index in [1.807, 2.05) is 19.3 Å². The first kappa shape index (κ1) is 14.7. The first-order valence-electron chi connectivity index (χ1n) is 6.86. The molecule has 0 aliphatic heterocycles. The number of anilines is 1. The number of hydrogen-bond acceptors (Lipinski definition) is 6. The maximum atomic E-state index is 5.12. The van der Waals surface area contributed by atoms with Crippen LogP contribution >= 0.6 is 11.3 Å². The fourth-order valence-corrected chi connectivity index (χ4v) is 2.90. The van der Waals surface area contributed by atoms with Crippen molar-refractivity contribution >= 4 is 17.3 Å². The van der Waals surface area contributed by atoms with Crippen LogP contribution in [0.5, 0.6) is 0 Å². The van der Waals surface area contributed by atoms with Gasteiger partial charge in [-0.25, -0.2) is 9.97 Å². The van der Waals surface area contributed by atoms with Gasteiger partial charge >= 0.3 is 0 Å². The number of hydrogen-bond donors (Lipinski definition) is 1. The summed E-state index contributed by atoms with van der Waals surface area (Å²) in [5, 5.41) is 9.52. The molecule has 3 rings (SSSR count). The molecule has 22 heavy (non-hydrogen) atoms. The highest BCUT2D eigenvalue weighted by Gasteiger charge is 2.05. The first-order chi connectivity index (χ1) is 10.7. The summed E-state index contributed by atoms with van der Waals surface area (Å²) in [6.07, 6.45) is 5.48. The molecule has 0 saturated heterocycles. The van der Waals surface area contributed by atoms with Gasteiger partial charge in [-0.1, -0.05) is 0 Å². The van der Waals surface area contributed by atoms with Crippen LogP contribution in [0.2, 0.25) is 0 Å². The van der Waals surface area contributed by atoms with Crippen molar-refractivity contribution in [2.75, 3.05) is 12.4 Å². The van der Waals surface area contributed by atoms with Gasteiger partial charge in [-0.3, -0.25) is 4.68 Å². The van der Waals surface area contributed by atoms with Crippen LogP contribution in [0.15, 0.2) is 36.1 Å². The van der Waals surface area contributed by atoms with Gasteiger partial charge in [0.1, 0.15) is 0 Å². The van der Waals surface area contributed by atoms with Gasteiger partial charge in [-0.2, -0.15) is 5.10 Å². The molecule has 0 unspecified atom stereocenters. The van der Waals surface area contributed by atoms with Crippen LogP contribution in [-0.4, -0.2) is 26.9 Å². The molecule has 7 heteroatoms. The Morgan fingerprint density at radius 1 is 1.41 bits per heavy atom. The van der Waals surface area contributed by atoms with Gasteiger partial charge in [-0.05, 0) is 23.1 Å². The smallest absolute Gasteiger partial charge is 0.223 e. The van der Waals surface area contributed by atoms with Gasteiger partial charge in [0.15, 0.2) is 0 Å². The van der Waals surface area contributed by atoms with E-state index in [0.717, 1.165) is 11.3 Å². The molecule has 1 N–H and O–H groups in total. The second-order valence-electron chi connectivity index (χ2n) is 4.88. The largest absolute Gasteiger partial charge is 0.380 e. The molecule has 3 aromatic heterocycles. The lowest BCUT2D eigenvalue weighted by molar-refractivity contribution is 0.185. The summed E-state index contributed by atoms with van der Waals surface area (Å²) in [6, 6.07) is 4.01. The Morgan fingerprint density at radius 3 is 3.09 bits per heavy atom. The Hall–Kier alpha value is -2.25. The molecule has 114 valence electrons. The molecule has 0 fully saturated rings. The molecule has 0 spiro atoms. The molecular formula is C15H17N5OS. The highest BCUT2D eigenvalue weighted by atomic mass is 32.1. The lowest BCUT2D eigenvalue weighted by atomic mass is 10.2. The fourth-order valence-electron chi connectivity index (χ4n) is 2.09. The molecule has 6 nitrogen and oxygen atoms in total. The third kappa shape index (κ3) is 3.49. The molecule has 0 bridgehead atoms. The van der Waals surface area contributed by atoms with Gasteiger partial charge in [0.25, 0.3) is 0 Å². The van der Waals surface area contributed by atoms with Crippen molar-refractivity contribution in [1.82, 2.24) is 19.7 Å². The maximum Gasteiger partial charge on any atom is 0.223 e. The quantitative estimate of drug-likeness (QED) is 0.757. The first-order valence-corrected chi connectivity index (χ1v) is 7.74. The molecule has 0 aliphatic carbocycles. The molecular weight excluding hydrogens is 298 g/mol. The molecule has 0 aliphatic rings. The number of nitrogens with one attached hydrogen (secondary N) is 1. The van der Waals surface area contributed by atoms with Crippen molar-refractivity contribution in [3.8, 4) is 11.3 Å². The predicted octanol–water partition coefficient (Wildman–Crippen LogP) is 2.70. The number of ether oxygens (including phenoxy) is 1. The standard InChI is InChI=1S/C15H17N5OS/c1-20-8-12(6-18-20)14-3-4-16-15(19-14)17-7-13-5-11(9-21-2)10-22-13/h3-6,8,10H,7,9H2,1-2H3,(H,16,17,19). The van der Waals surface area contributed by atoms with E-state index in [0.29, 0.717) is 19.1 Å². The molecule has 0 radical (unpaired) electrons.